The lowest BCUT2D eigenvalue weighted by Gasteiger charge is -2.27. The van der Waals surface area contributed by atoms with Crippen LogP contribution < -0.4 is 9.80 Å². The zero-order chi connectivity index (χ0) is 51.5. The van der Waals surface area contributed by atoms with Crippen molar-refractivity contribution in [1.29, 1.82) is 0 Å². The summed E-state index contributed by atoms with van der Waals surface area (Å²) in [6.07, 6.45) is 0. The van der Waals surface area contributed by atoms with Crippen LogP contribution in [0.5, 0.6) is 0 Å². The molecule has 0 radical (unpaired) electrons. The molecule has 0 bridgehead atoms. The average Bonchev–Trinajstić information content (AvgIpc) is 4.18. The van der Waals surface area contributed by atoms with Crippen molar-refractivity contribution in [2.45, 2.75) is 78.6 Å². The highest BCUT2D eigenvalue weighted by molar-refractivity contribution is 7.25. The third-order valence-electron chi connectivity index (χ3n) is 15.4. The van der Waals surface area contributed by atoms with Gasteiger partial charge in [-0.2, -0.15) is 0 Å². The zero-order valence-corrected chi connectivity index (χ0v) is 45.1. The first-order valence-electron chi connectivity index (χ1n) is 26.3. The molecule has 0 fully saturated rings. The van der Waals surface area contributed by atoms with Crippen molar-refractivity contribution in [3.8, 4) is 22.3 Å². The molecule has 0 saturated carbocycles. The molecule has 4 heterocycles. The van der Waals surface area contributed by atoms with Crippen LogP contribution in [0, 0.1) is 0 Å². The van der Waals surface area contributed by atoms with Crippen molar-refractivity contribution in [2.24, 2.45) is 0 Å². The highest BCUT2D eigenvalue weighted by Crippen LogP contribution is 2.52. The molecular formula is C70H61N3OS. The molecule has 0 aliphatic carbocycles. The number of anilines is 6. The van der Waals surface area contributed by atoms with Gasteiger partial charge >= 0.3 is 0 Å². The first-order valence-corrected chi connectivity index (χ1v) is 27.1. The largest absolute Gasteiger partial charge is 0.437 e. The number of nitrogens with zero attached hydrogens (tertiary/aromatic N) is 3. The first kappa shape index (κ1) is 46.7. The van der Waals surface area contributed by atoms with Crippen molar-refractivity contribution in [1.82, 2.24) is 4.40 Å². The number of aromatic nitrogens is 1. The minimum Gasteiger partial charge on any atom is -0.437 e. The predicted molar refractivity (Wildman–Crippen MR) is 323 cm³/mol. The van der Waals surface area contributed by atoms with Gasteiger partial charge in [-0.25, -0.2) is 0 Å². The van der Waals surface area contributed by atoms with Gasteiger partial charge in [-0.1, -0.05) is 190 Å². The van der Waals surface area contributed by atoms with E-state index in [0.717, 1.165) is 61.8 Å². The molecule has 5 heteroatoms. The lowest BCUT2D eigenvalue weighted by atomic mass is 9.85. The third kappa shape index (κ3) is 7.87. The van der Waals surface area contributed by atoms with Crippen LogP contribution in [-0.4, -0.2) is 4.40 Å². The van der Waals surface area contributed by atoms with Crippen LogP contribution in [0.25, 0.3) is 80.9 Å². The quantitative estimate of drug-likeness (QED) is 0.152. The van der Waals surface area contributed by atoms with Crippen LogP contribution in [0.4, 0.5) is 34.1 Å². The molecule has 0 N–H and O–H groups in total. The second kappa shape index (κ2) is 17.2. The van der Waals surface area contributed by atoms with Crippen molar-refractivity contribution in [2.75, 3.05) is 9.80 Å². The molecule has 13 aromatic rings. The van der Waals surface area contributed by atoms with E-state index >= 15 is 0 Å². The number of thiophene rings is 1. The summed E-state index contributed by atoms with van der Waals surface area (Å²) < 4.78 is 11.2. The summed E-state index contributed by atoms with van der Waals surface area (Å²) in [4.78, 5) is 5.99. The summed E-state index contributed by atoms with van der Waals surface area (Å²) >= 11 is 1.86. The number of fused-ring (bicyclic) bond motifs is 10. The number of hydrogen-bond donors (Lipinski definition) is 0. The summed E-state index contributed by atoms with van der Waals surface area (Å²) in [5, 5.41) is 7.29. The Labute approximate surface area is 444 Å². The standard InChI is InChI=1S/C70H61N3OS/c1-68(2,3)48-29-33-51(34-30-48)71(53-25-16-23-46(39-53)44-19-12-10-13-20-44)55-37-38-56-61(43-55)75-67-63(56)59-42-50(70(7,8)9)41-58-62-57-27-18-28-60(65(57)74-66(62)73(67)64(58)59)72(52-35-31-49(32-36-52)69(4,5)6)54-26-17-24-47(40-54)45-21-14-11-15-22-45/h10-43H,1-9H3. The van der Waals surface area contributed by atoms with E-state index in [-0.39, 0.29) is 16.2 Å². The molecule has 9 aromatic carbocycles. The van der Waals surface area contributed by atoms with Gasteiger partial charge in [0.05, 0.1) is 16.6 Å². The summed E-state index contributed by atoms with van der Waals surface area (Å²) in [7, 11) is 0. The maximum atomic E-state index is 7.50. The smallest absolute Gasteiger partial charge is 0.214 e. The Morgan fingerprint density at radius 1 is 0.373 bits per heavy atom. The highest BCUT2D eigenvalue weighted by Gasteiger charge is 2.30. The van der Waals surface area contributed by atoms with Gasteiger partial charge in [0.15, 0.2) is 5.58 Å². The maximum Gasteiger partial charge on any atom is 0.214 e. The minimum absolute atomic E-state index is 0.0194. The van der Waals surface area contributed by atoms with E-state index in [1.807, 2.05) is 11.3 Å². The molecule has 0 atom stereocenters. The van der Waals surface area contributed by atoms with E-state index in [0.29, 0.717) is 0 Å². The topological polar surface area (TPSA) is 24.0 Å². The molecule has 0 amide bonds. The highest BCUT2D eigenvalue weighted by atomic mass is 32.1. The van der Waals surface area contributed by atoms with Crippen LogP contribution in [-0.2, 0) is 16.2 Å². The van der Waals surface area contributed by atoms with Crippen molar-refractivity contribution >= 4 is 104 Å². The molecule has 0 unspecified atom stereocenters. The number of benzene rings is 9. The SMILES string of the molecule is CC(C)(C)c1ccc(N(c2cccc(-c3ccccc3)c2)c2ccc3c(c2)sc2c3c3cc(C(C)(C)C)cc4c5c6cccc(N(c7ccc(C(C)(C)C)cc7)c7cccc(-c8ccccc8)c7)c6oc5n2c43)cc1. The first-order chi connectivity index (χ1) is 36.1. The molecular weight excluding hydrogens is 931 g/mol. The van der Waals surface area contributed by atoms with Crippen LogP contribution in [0.1, 0.15) is 79.0 Å². The Morgan fingerprint density at radius 3 is 1.41 bits per heavy atom. The Balaban J connectivity index is 1.04. The summed E-state index contributed by atoms with van der Waals surface area (Å²) in [5.74, 6) is 0. The number of para-hydroxylation sites is 1. The Hall–Kier alpha value is -8.12. The number of rotatable bonds is 8. The molecule has 4 aromatic heterocycles. The maximum absolute atomic E-state index is 7.50. The van der Waals surface area contributed by atoms with Gasteiger partial charge in [-0.15, -0.1) is 11.3 Å². The predicted octanol–water partition coefficient (Wildman–Crippen LogP) is 21.0. The third-order valence-corrected chi connectivity index (χ3v) is 16.5. The fourth-order valence-corrected chi connectivity index (χ4v) is 12.6. The van der Waals surface area contributed by atoms with E-state index in [9.17, 15) is 0 Å². The Morgan fingerprint density at radius 2 is 0.853 bits per heavy atom. The second-order valence-electron chi connectivity index (χ2n) is 23.5. The van der Waals surface area contributed by atoms with Gasteiger partial charge in [0.25, 0.3) is 0 Å². The van der Waals surface area contributed by atoms with E-state index < -0.39 is 0 Å². The number of hydrogen-bond acceptors (Lipinski definition) is 4. The van der Waals surface area contributed by atoms with E-state index in [1.54, 1.807) is 0 Å². The van der Waals surface area contributed by atoms with E-state index in [4.69, 9.17) is 4.42 Å². The van der Waals surface area contributed by atoms with Gasteiger partial charge in [-0.05, 0) is 134 Å². The molecule has 368 valence electrons. The fourth-order valence-electron chi connectivity index (χ4n) is 11.3. The Kier molecular flexibility index (Phi) is 10.7. The number of furan rings is 1. The molecule has 0 saturated heterocycles. The molecule has 75 heavy (non-hydrogen) atoms. The Bertz CT molecular complexity index is 4270. The van der Waals surface area contributed by atoms with Crippen LogP contribution >= 0.6 is 11.3 Å². The van der Waals surface area contributed by atoms with Gasteiger partial charge in [0.1, 0.15) is 4.83 Å². The lowest BCUT2D eigenvalue weighted by Crippen LogP contribution is -2.13. The molecule has 4 nitrogen and oxygen atoms in total. The second-order valence-corrected chi connectivity index (χ2v) is 24.5. The van der Waals surface area contributed by atoms with E-state index in [1.165, 1.54) is 70.0 Å². The fraction of sp³-hybridized carbons (Fsp3) is 0.171. The summed E-state index contributed by atoms with van der Waals surface area (Å²) in [6, 6.07) is 76.1. The lowest BCUT2D eigenvalue weighted by molar-refractivity contribution is 0.590. The molecule has 0 aliphatic rings. The average molecular weight is 992 g/mol. The van der Waals surface area contributed by atoms with Crippen LogP contribution in [0.3, 0.4) is 0 Å². The van der Waals surface area contributed by atoms with Gasteiger partial charge in [0.2, 0.25) is 5.71 Å². The van der Waals surface area contributed by atoms with Gasteiger partial charge < -0.3 is 14.2 Å². The minimum atomic E-state index is -0.0946. The van der Waals surface area contributed by atoms with Crippen molar-refractivity contribution in [3.05, 3.63) is 223 Å². The van der Waals surface area contributed by atoms with E-state index in [2.05, 4.69) is 283 Å². The molecule has 0 spiro atoms. The monoisotopic (exact) mass is 991 g/mol. The zero-order valence-electron chi connectivity index (χ0n) is 44.3. The molecule has 13 rings (SSSR count). The van der Waals surface area contributed by atoms with Crippen LogP contribution in [0.15, 0.2) is 211 Å². The summed E-state index contributed by atoms with van der Waals surface area (Å²) in [5.41, 5.74) is 18.0. The van der Waals surface area contributed by atoms with Crippen molar-refractivity contribution < 1.29 is 4.42 Å². The normalized spacial score (nSPS) is 12.6. The van der Waals surface area contributed by atoms with Gasteiger partial charge in [-0.3, -0.25) is 4.40 Å². The summed E-state index contributed by atoms with van der Waals surface area (Å²) in [6.45, 7) is 20.6. The van der Waals surface area contributed by atoms with Crippen molar-refractivity contribution in [3.63, 3.8) is 0 Å². The van der Waals surface area contributed by atoms with Crippen LogP contribution in [0.2, 0.25) is 0 Å². The molecule has 0 aliphatic heterocycles. The van der Waals surface area contributed by atoms with Gasteiger partial charge in [0, 0.05) is 60.1 Å².